The second-order valence-electron chi connectivity index (χ2n) is 6.11. The monoisotopic (exact) mass is 466 g/mol. The minimum Gasteiger partial charge on any atom is -0.333 e. The number of nitro groups is 1. The highest BCUT2D eigenvalue weighted by Gasteiger charge is 2.31. The minimum absolute atomic E-state index is 0.0680. The second-order valence-corrected chi connectivity index (χ2v) is 7.54. The molecular formula is C18H10ClF3N6O2S. The van der Waals surface area contributed by atoms with E-state index in [9.17, 15) is 23.3 Å². The van der Waals surface area contributed by atoms with Gasteiger partial charge in [0.1, 0.15) is 6.33 Å². The molecule has 0 unspecified atom stereocenters. The van der Waals surface area contributed by atoms with Crippen molar-refractivity contribution in [3.05, 3.63) is 69.5 Å². The molecule has 0 aliphatic rings. The van der Waals surface area contributed by atoms with Gasteiger partial charge in [-0.3, -0.25) is 10.1 Å². The number of halogens is 4. The number of nitrogens with one attached hydrogen (secondary N) is 2. The molecule has 0 amide bonds. The van der Waals surface area contributed by atoms with Crippen LogP contribution in [-0.4, -0.2) is 19.9 Å². The van der Waals surface area contributed by atoms with Crippen LogP contribution in [-0.2, 0) is 6.18 Å². The summed E-state index contributed by atoms with van der Waals surface area (Å²) in [5.41, 5.74) is -1.04. The molecule has 0 radical (unpaired) electrons. The first-order valence-corrected chi connectivity index (χ1v) is 9.67. The van der Waals surface area contributed by atoms with E-state index >= 15 is 0 Å². The van der Waals surface area contributed by atoms with E-state index in [1.54, 1.807) is 12.1 Å². The molecule has 31 heavy (non-hydrogen) atoms. The fourth-order valence-electron chi connectivity index (χ4n) is 2.69. The molecule has 0 bridgehead atoms. The molecular weight excluding hydrogens is 457 g/mol. The van der Waals surface area contributed by atoms with E-state index < -0.39 is 22.4 Å². The van der Waals surface area contributed by atoms with Crippen molar-refractivity contribution in [3.63, 3.8) is 0 Å². The second kappa shape index (κ2) is 7.96. The van der Waals surface area contributed by atoms with Crippen molar-refractivity contribution in [2.24, 2.45) is 0 Å². The number of para-hydroxylation sites is 1. The summed E-state index contributed by atoms with van der Waals surface area (Å²) in [6.45, 7) is 0. The van der Waals surface area contributed by atoms with Crippen molar-refractivity contribution >= 4 is 61.3 Å². The third-order valence-corrected chi connectivity index (χ3v) is 5.35. The summed E-state index contributed by atoms with van der Waals surface area (Å²) >= 11 is 7.23. The fourth-order valence-corrected chi connectivity index (χ4v) is 3.72. The van der Waals surface area contributed by atoms with Gasteiger partial charge in [0.05, 0.1) is 31.4 Å². The summed E-state index contributed by atoms with van der Waals surface area (Å²) in [6, 6.07) is 9.86. The molecule has 2 N–H and O–H groups in total. The lowest BCUT2D eigenvalue weighted by atomic mass is 10.2. The van der Waals surface area contributed by atoms with Gasteiger partial charge >= 0.3 is 11.9 Å². The number of benzene rings is 2. The Morgan fingerprint density at radius 3 is 2.45 bits per heavy atom. The molecule has 0 saturated heterocycles. The first-order valence-electron chi connectivity index (χ1n) is 8.48. The summed E-state index contributed by atoms with van der Waals surface area (Å²) in [5, 5.41) is 17.3. The third-order valence-electron chi connectivity index (χ3n) is 4.07. The molecule has 13 heteroatoms. The number of alkyl halides is 3. The van der Waals surface area contributed by atoms with E-state index in [2.05, 4.69) is 25.6 Å². The van der Waals surface area contributed by atoms with E-state index in [-0.39, 0.29) is 22.3 Å². The Hall–Kier alpha value is -3.51. The number of thiazole rings is 1. The lowest BCUT2D eigenvalue weighted by Crippen LogP contribution is -2.08. The van der Waals surface area contributed by atoms with Gasteiger partial charge in [-0.1, -0.05) is 35.1 Å². The number of anilines is 4. The quantitative estimate of drug-likeness (QED) is 0.268. The van der Waals surface area contributed by atoms with Crippen LogP contribution in [0.25, 0.3) is 10.2 Å². The van der Waals surface area contributed by atoms with Crippen LogP contribution in [0, 0.1) is 10.1 Å². The number of hydrogen-bond acceptors (Lipinski definition) is 8. The molecule has 0 spiro atoms. The normalized spacial score (nSPS) is 11.5. The molecule has 0 saturated carbocycles. The minimum atomic E-state index is -4.61. The lowest BCUT2D eigenvalue weighted by Gasteiger charge is -2.13. The Balaban J connectivity index is 1.72. The fraction of sp³-hybridized carbons (Fsp3) is 0.0556. The van der Waals surface area contributed by atoms with E-state index in [1.165, 1.54) is 11.3 Å². The molecule has 0 aliphatic heterocycles. The maximum Gasteiger partial charge on any atom is 0.416 e. The van der Waals surface area contributed by atoms with E-state index in [4.69, 9.17) is 11.6 Å². The molecule has 0 aliphatic carbocycles. The van der Waals surface area contributed by atoms with Crippen molar-refractivity contribution < 1.29 is 18.1 Å². The van der Waals surface area contributed by atoms with Gasteiger partial charge in [0.15, 0.2) is 5.13 Å². The van der Waals surface area contributed by atoms with Gasteiger partial charge in [-0.05, 0) is 30.3 Å². The van der Waals surface area contributed by atoms with Crippen molar-refractivity contribution in [3.8, 4) is 0 Å². The largest absolute Gasteiger partial charge is 0.416 e. The van der Waals surface area contributed by atoms with Gasteiger partial charge < -0.3 is 10.6 Å². The van der Waals surface area contributed by atoms with Crippen LogP contribution in [0.15, 0.2) is 48.8 Å². The molecule has 8 nitrogen and oxygen atoms in total. The zero-order chi connectivity index (χ0) is 22.2. The van der Waals surface area contributed by atoms with Crippen LogP contribution in [0.5, 0.6) is 0 Å². The average Bonchev–Trinajstić information content (AvgIpc) is 3.11. The third kappa shape index (κ3) is 4.34. The van der Waals surface area contributed by atoms with Crippen LogP contribution >= 0.6 is 22.9 Å². The Kier molecular flexibility index (Phi) is 5.33. The number of aromatic nitrogens is 3. The van der Waals surface area contributed by atoms with Gasteiger partial charge in [-0.15, -0.1) is 0 Å². The first kappa shape index (κ1) is 20.8. The van der Waals surface area contributed by atoms with Crippen LogP contribution < -0.4 is 10.6 Å². The van der Waals surface area contributed by atoms with Gasteiger partial charge in [0.2, 0.25) is 11.6 Å². The van der Waals surface area contributed by atoms with Gasteiger partial charge in [0, 0.05) is 0 Å². The summed E-state index contributed by atoms with van der Waals surface area (Å²) in [6.07, 6.45) is -3.58. The smallest absolute Gasteiger partial charge is 0.333 e. The highest BCUT2D eigenvalue weighted by Crippen LogP contribution is 2.38. The van der Waals surface area contributed by atoms with Crippen LogP contribution in [0.1, 0.15) is 5.56 Å². The number of hydrogen-bond donors (Lipinski definition) is 2. The van der Waals surface area contributed by atoms with Gasteiger partial charge in [0.25, 0.3) is 0 Å². The maximum atomic E-state index is 13.0. The Labute approximate surface area is 180 Å². The maximum absolute atomic E-state index is 13.0. The lowest BCUT2D eigenvalue weighted by molar-refractivity contribution is -0.383. The van der Waals surface area contributed by atoms with E-state index in [0.717, 1.165) is 29.2 Å². The molecule has 0 atom stereocenters. The van der Waals surface area contributed by atoms with Crippen LogP contribution in [0.3, 0.4) is 0 Å². The Morgan fingerprint density at radius 2 is 1.77 bits per heavy atom. The highest BCUT2D eigenvalue weighted by molar-refractivity contribution is 7.22. The molecule has 2 aromatic heterocycles. The van der Waals surface area contributed by atoms with Crippen LogP contribution in [0.4, 0.5) is 41.3 Å². The number of nitrogens with zero attached hydrogens (tertiary/aromatic N) is 4. The summed E-state index contributed by atoms with van der Waals surface area (Å²) in [5.74, 6) is -0.505. The summed E-state index contributed by atoms with van der Waals surface area (Å²) in [4.78, 5) is 23.0. The summed E-state index contributed by atoms with van der Waals surface area (Å²) in [7, 11) is 0. The molecule has 2 aromatic carbocycles. The predicted octanol–water partition coefficient (Wildman–Crippen LogP) is 6.15. The Bertz CT molecular complexity index is 1260. The number of fused-ring (bicyclic) bond motifs is 1. The Morgan fingerprint density at radius 1 is 1.06 bits per heavy atom. The van der Waals surface area contributed by atoms with Crippen molar-refractivity contribution in [2.75, 3.05) is 10.6 Å². The van der Waals surface area contributed by atoms with Gasteiger partial charge in [-0.25, -0.2) is 15.0 Å². The molecule has 0 fully saturated rings. The first-order chi connectivity index (χ1) is 14.7. The van der Waals surface area contributed by atoms with E-state index in [0.29, 0.717) is 10.6 Å². The standard InChI is InChI=1S/C18H10ClF3N6O2S/c19-10-6-5-9(18(20,21)22)7-12(10)25-15-14(28(29)30)16(24-8-23-15)27-17-26-11-3-1-2-4-13(11)31-17/h1-8H,(H2,23,24,25,26,27). The predicted molar refractivity (Wildman–Crippen MR) is 111 cm³/mol. The molecule has 4 rings (SSSR count). The van der Waals surface area contributed by atoms with Crippen molar-refractivity contribution in [2.45, 2.75) is 6.18 Å². The van der Waals surface area contributed by atoms with Crippen molar-refractivity contribution in [1.82, 2.24) is 15.0 Å². The summed E-state index contributed by atoms with van der Waals surface area (Å²) < 4.78 is 39.9. The zero-order valence-electron chi connectivity index (χ0n) is 15.1. The topological polar surface area (TPSA) is 106 Å². The SMILES string of the molecule is O=[N+]([O-])c1c(Nc2nc3ccccc3s2)ncnc1Nc1cc(C(F)(F)F)ccc1Cl. The highest BCUT2D eigenvalue weighted by atomic mass is 35.5. The average molecular weight is 467 g/mol. The zero-order valence-corrected chi connectivity index (χ0v) is 16.7. The molecule has 2 heterocycles. The van der Waals surface area contributed by atoms with E-state index in [1.807, 2.05) is 12.1 Å². The van der Waals surface area contributed by atoms with Crippen LogP contribution in [0.2, 0.25) is 5.02 Å². The van der Waals surface area contributed by atoms with Gasteiger partial charge in [-0.2, -0.15) is 13.2 Å². The van der Waals surface area contributed by atoms with Crippen molar-refractivity contribution in [1.29, 1.82) is 0 Å². The molecule has 4 aromatic rings. The number of rotatable bonds is 5. The molecule has 158 valence electrons.